The molecule has 2 rings (SSSR count). The van der Waals surface area contributed by atoms with Crippen LogP contribution in [-0.4, -0.2) is 63.9 Å². The molecule has 0 aromatic rings. The van der Waals surface area contributed by atoms with Crippen LogP contribution in [0.3, 0.4) is 0 Å². The average Bonchev–Trinajstić information content (AvgIpc) is 2.82. The van der Waals surface area contributed by atoms with Crippen LogP contribution in [0.1, 0.15) is 6.42 Å². The van der Waals surface area contributed by atoms with E-state index in [1.54, 1.807) is 0 Å². The Bertz CT molecular complexity index is 210. The minimum absolute atomic E-state index is 0.807. The zero-order valence-electron chi connectivity index (χ0n) is 9.61. The summed E-state index contributed by atoms with van der Waals surface area (Å²) < 4.78 is 2.83. The monoisotopic (exact) mass is 341 g/mol. The Morgan fingerprint density at radius 3 is 2.69 bits per heavy atom. The SMILES string of the molecule is NCCCNCC[S][Ge]12[S]CC[N]1CC[S]2. The molecule has 16 heavy (non-hydrogen) atoms. The molecule has 3 nitrogen and oxygen atoms in total. The number of hydrogen-bond donors (Lipinski definition) is 2. The molecular weight excluding hydrogens is 319 g/mol. The van der Waals surface area contributed by atoms with E-state index in [4.69, 9.17) is 5.73 Å². The van der Waals surface area contributed by atoms with Crippen LogP contribution in [0.5, 0.6) is 0 Å². The van der Waals surface area contributed by atoms with E-state index in [-0.39, 0.29) is 0 Å². The van der Waals surface area contributed by atoms with E-state index < -0.39 is 10.1 Å². The molecule has 0 spiro atoms. The quantitative estimate of drug-likeness (QED) is 0.530. The van der Waals surface area contributed by atoms with E-state index in [9.17, 15) is 0 Å². The van der Waals surface area contributed by atoms with Crippen molar-refractivity contribution in [3.63, 3.8) is 0 Å². The number of nitrogens with zero attached hydrogens (tertiary/aromatic N) is 1. The Hall–Kier alpha value is 1.47. The first-order chi connectivity index (χ1) is 7.87. The molecule has 3 N–H and O–H groups in total. The standard InChI is InChI=1S/C9H21GeN3S3/c11-2-1-3-12-4-7-14-10-13(5-8-15-10)6-9-16-10/h12H,1-9,11H2. The fraction of sp³-hybridized carbons (Fsp3) is 1.00. The average molecular weight is 340 g/mol. The van der Waals surface area contributed by atoms with Gasteiger partial charge < -0.3 is 0 Å². The van der Waals surface area contributed by atoms with E-state index in [1.807, 2.05) is 0 Å². The van der Waals surface area contributed by atoms with Gasteiger partial charge in [-0.15, -0.1) is 0 Å². The third-order valence-electron chi connectivity index (χ3n) is 2.80. The summed E-state index contributed by atoms with van der Waals surface area (Å²) in [4.78, 5) is 0. The molecule has 7 heteroatoms. The molecule has 2 fully saturated rings. The van der Waals surface area contributed by atoms with Crippen molar-refractivity contribution in [1.29, 1.82) is 0 Å². The van der Waals surface area contributed by atoms with Crippen LogP contribution in [0.25, 0.3) is 0 Å². The second-order valence-electron chi connectivity index (χ2n) is 3.95. The Morgan fingerprint density at radius 2 is 2.00 bits per heavy atom. The van der Waals surface area contributed by atoms with Crippen molar-refractivity contribution < 1.29 is 0 Å². The van der Waals surface area contributed by atoms with Gasteiger partial charge in [0.2, 0.25) is 0 Å². The van der Waals surface area contributed by atoms with Crippen LogP contribution < -0.4 is 11.1 Å². The molecule has 2 aliphatic heterocycles. The van der Waals surface area contributed by atoms with Crippen molar-refractivity contribution in [2.75, 3.05) is 50.0 Å². The molecule has 94 valence electrons. The van der Waals surface area contributed by atoms with Gasteiger partial charge in [-0.3, -0.25) is 0 Å². The number of rotatable bonds is 7. The molecule has 2 heterocycles. The van der Waals surface area contributed by atoms with Gasteiger partial charge in [-0.05, 0) is 0 Å². The van der Waals surface area contributed by atoms with E-state index in [0.717, 1.165) is 26.1 Å². The summed E-state index contributed by atoms with van der Waals surface area (Å²) in [6.45, 7) is 5.78. The Kier molecular flexibility index (Phi) is 6.22. The van der Waals surface area contributed by atoms with E-state index in [0.29, 0.717) is 0 Å². The van der Waals surface area contributed by atoms with Crippen molar-refractivity contribution in [2.24, 2.45) is 5.73 Å². The second-order valence-corrected chi connectivity index (χ2v) is 28.3. The first-order valence-corrected chi connectivity index (χ1v) is 17.6. The van der Waals surface area contributed by atoms with Crippen molar-refractivity contribution in [3.05, 3.63) is 0 Å². The first kappa shape index (κ1) is 13.9. The maximum absolute atomic E-state index is 5.46. The molecular formula is C9H21GeN3S3. The molecule has 2 saturated heterocycles. The van der Waals surface area contributed by atoms with Gasteiger partial charge in [-0.25, -0.2) is 0 Å². The Morgan fingerprint density at radius 1 is 1.25 bits per heavy atom. The summed E-state index contributed by atoms with van der Waals surface area (Å²) in [5.74, 6) is 4.07. The van der Waals surface area contributed by atoms with Crippen molar-refractivity contribution >= 4 is 40.3 Å². The van der Waals surface area contributed by atoms with Crippen molar-refractivity contribution in [1.82, 2.24) is 9.17 Å². The van der Waals surface area contributed by atoms with Crippen LogP contribution in [0.2, 0.25) is 0 Å². The molecule has 0 bridgehead atoms. The summed E-state index contributed by atoms with van der Waals surface area (Å²) >= 11 is 0. The predicted molar refractivity (Wildman–Crippen MR) is 81.2 cm³/mol. The topological polar surface area (TPSA) is 41.3 Å². The van der Waals surface area contributed by atoms with Crippen LogP contribution in [0, 0.1) is 0 Å². The van der Waals surface area contributed by atoms with Gasteiger partial charge in [0.15, 0.2) is 0 Å². The minimum atomic E-state index is -1.68. The zero-order chi connectivity index (χ0) is 11.3. The Labute approximate surface area is 111 Å². The van der Waals surface area contributed by atoms with Crippen molar-refractivity contribution in [2.45, 2.75) is 6.42 Å². The fourth-order valence-electron chi connectivity index (χ4n) is 1.96. The fourth-order valence-corrected chi connectivity index (χ4v) is 32.9. The van der Waals surface area contributed by atoms with Gasteiger partial charge in [0.25, 0.3) is 0 Å². The zero-order valence-corrected chi connectivity index (χ0v) is 14.2. The predicted octanol–water partition coefficient (Wildman–Crippen LogP) is 0.889. The molecule has 0 unspecified atom stereocenters. The van der Waals surface area contributed by atoms with Gasteiger partial charge in [0.05, 0.1) is 0 Å². The molecule has 0 saturated carbocycles. The number of nitrogens with two attached hydrogens (primary N) is 1. The number of hydrogen-bond acceptors (Lipinski definition) is 6. The normalized spacial score (nSPS) is 23.8. The van der Waals surface area contributed by atoms with Gasteiger partial charge in [-0.2, -0.15) is 0 Å². The summed E-state index contributed by atoms with van der Waals surface area (Å²) in [7, 11) is 5.27. The third kappa shape index (κ3) is 3.49. The second kappa shape index (κ2) is 7.16. The van der Waals surface area contributed by atoms with Gasteiger partial charge in [0.1, 0.15) is 0 Å². The van der Waals surface area contributed by atoms with Crippen LogP contribution in [-0.2, 0) is 0 Å². The van der Waals surface area contributed by atoms with Gasteiger partial charge in [-0.1, -0.05) is 0 Å². The summed E-state index contributed by atoms with van der Waals surface area (Å²) in [5, 5.41) is 3.48. The number of fused-ring (bicyclic) bond motifs is 1. The van der Waals surface area contributed by atoms with E-state index >= 15 is 0 Å². The molecule has 0 amide bonds. The molecule has 0 radical (unpaired) electrons. The van der Waals surface area contributed by atoms with E-state index in [1.165, 1.54) is 30.3 Å². The molecule has 0 aliphatic carbocycles. The molecule has 2 aliphatic rings. The van der Waals surface area contributed by atoms with Gasteiger partial charge >= 0.3 is 112 Å². The maximum atomic E-state index is 5.46. The Balaban J connectivity index is 1.61. The molecule has 0 atom stereocenters. The molecule has 0 aromatic heterocycles. The first-order valence-electron chi connectivity index (χ1n) is 5.95. The number of nitrogens with one attached hydrogen (secondary N) is 1. The van der Waals surface area contributed by atoms with Crippen LogP contribution in [0.4, 0.5) is 0 Å². The summed E-state index contributed by atoms with van der Waals surface area (Å²) in [5.41, 5.74) is 5.46. The summed E-state index contributed by atoms with van der Waals surface area (Å²) in [6, 6.07) is 0. The van der Waals surface area contributed by atoms with Crippen LogP contribution in [0.15, 0.2) is 0 Å². The van der Waals surface area contributed by atoms with Gasteiger partial charge in [0, 0.05) is 0 Å². The third-order valence-corrected chi connectivity index (χ3v) is 33.4. The molecule has 0 aromatic carbocycles. The summed E-state index contributed by atoms with van der Waals surface area (Å²) in [6.07, 6.45) is 1.10. The van der Waals surface area contributed by atoms with E-state index in [2.05, 4.69) is 39.4 Å². The van der Waals surface area contributed by atoms with Crippen molar-refractivity contribution in [3.8, 4) is 0 Å². The van der Waals surface area contributed by atoms with Crippen LogP contribution >= 0.6 is 30.3 Å².